The number of rotatable bonds is 7. The molecule has 0 unspecified atom stereocenters. The highest BCUT2D eigenvalue weighted by Crippen LogP contribution is 2.44. The number of para-hydroxylation sites is 1. The summed E-state index contributed by atoms with van der Waals surface area (Å²) in [6.45, 7) is 5.98. The van der Waals surface area contributed by atoms with Crippen LogP contribution in [0.15, 0.2) is 29.2 Å². The van der Waals surface area contributed by atoms with Crippen molar-refractivity contribution in [2.24, 2.45) is 5.92 Å². The van der Waals surface area contributed by atoms with Gasteiger partial charge in [0.2, 0.25) is 0 Å². The fraction of sp³-hybridized carbons (Fsp3) is 0.450. The fourth-order valence-electron chi connectivity index (χ4n) is 3.22. The lowest BCUT2D eigenvalue weighted by molar-refractivity contribution is -0.122. The molecule has 5 nitrogen and oxygen atoms in total. The summed E-state index contributed by atoms with van der Waals surface area (Å²) < 4.78 is 5.57. The second-order valence-electron chi connectivity index (χ2n) is 7.03. The molecule has 1 aromatic rings. The van der Waals surface area contributed by atoms with Crippen molar-refractivity contribution in [1.29, 1.82) is 0 Å². The largest absolute Gasteiger partial charge is 0.385 e. The van der Waals surface area contributed by atoms with E-state index in [2.05, 4.69) is 13.8 Å². The maximum atomic E-state index is 13.2. The van der Waals surface area contributed by atoms with Gasteiger partial charge >= 0.3 is 0 Å². The lowest BCUT2D eigenvalue weighted by atomic mass is 10.1. The number of hydrogen-bond acceptors (Lipinski definition) is 5. The van der Waals surface area contributed by atoms with Gasteiger partial charge < -0.3 is 9.64 Å². The molecule has 2 amide bonds. The van der Waals surface area contributed by atoms with Crippen molar-refractivity contribution in [3.63, 3.8) is 0 Å². The van der Waals surface area contributed by atoms with E-state index in [0.29, 0.717) is 46.8 Å². The van der Waals surface area contributed by atoms with Crippen LogP contribution >= 0.6 is 24.0 Å². The SMILES string of the molecule is COCCCN1C(=O)/C(=C2\C(=O)N(CCC(C)C)c3ccccc32)SC1=S. The van der Waals surface area contributed by atoms with Crippen molar-refractivity contribution in [1.82, 2.24) is 4.90 Å². The zero-order chi connectivity index (χ0) is 19.6. The summed E-state index contributed by atoms with van der Waals surface area (Å²) in [4.78, 5) is 30.0. The summed E-state index contributed by atoms with van der Waals surface area (Å²) in [7, 11) is 1.63. The van der Waals surface area contributed by atoms with Crippen LogP contribution in [0.2, 0.25) is 0 Å². The molecule has 0 saturated carbocycles. The van der Waals surface area contributed by atoms with Gasteiger partial charge in [-0.2, -0.15) is 0 Å². The average molecular weight is 405 g/mol. The van der Waals surface area contributed by atoms with Crippen LogP contribution in [-0.2, 0) is 14.3 Å². The van der Waals surface area contributed by atoms with Gasteiger partial charge in [-0.15, -0.1) is 0 Å². The highest BCUT2D eigenvalue weighted by Gasteiger charge is 2.41. The summed E-state index contributed by atoms with van der Waals surface area (Å²) in [6.07, 6.45) is 1.61. The van der Waals surface area contributed by atoms with Crippen LogP contribution in [0.3, 0.4) is 0 Å². The third-order valence-corrected chi connectivity index (χ3v) is 6.11. The van der Waals surface area contributed by atoms with Crippen molar-refractivity contribution in [3.8, 4) is 0 Å². The minimum Gasteiger partial charge on any atom is -0.385 e. The Morgan fingerprint density at radius 1 is 1.11 bits per heavy atom. The molecule has 1 aromatic carbocycles. The van der Waals surface area contributed by atoms with Crippen molar-refractivity contribution in [3.05, 3.63) is 34.7 Å². The molecule has 1 fully saturated rings. The monoisotopic (exact) mass is 404 g/mol. The maximum absolute atomic E-state index is 13.2. The molecule has 0 N–H and O–H groups in total. The van der Waals surface area contributed by atoms with Gasteiger partial charge in [0.15, 0.2) is 0 Å². The van der Waals surface area contributed by atoms with Crippen LogP contribution in [0.4, 0.5) is 5.69 Å². The second kappa shape index (κ2) is 8.54. The predicted molar refractivity (Wildman–Crippen MR) is 114 cm³/mol. The van der Waals surface area contributed by atoms with Crippen molar-refractivity contribution in [2.45, 2.75) is 26.7 Å². The van der Waals surface area contributed by atoms with Gasteiger partial charge in [-0.3, -0.25) is 14.5 Å². The molecular weight excluding hydrogens is 380 g/mol. The van der Waals surface area contributed by atoms with Crippen LogP contribution in [0.1, 0.15) is 32.3 Å². The second-order valence-corrected chi connectivity index (χ2v) is 8.68. The summed E-state index contributed by atoms with van der Waals surface area (Å²) >= 11 is 6.63. The fourth-order valence-corrected chi connectivity index (χ4v) is 4.60. The number of ether oxygens (including phenoxy) is 1. The van der Waals surface area contributed by atoms with Crippen molar-refractivity contribution >= 4 is 51.4 Å². The Balaban J connectivity index is 1.94. The van der Waals surface area contributed by atoms with Gasteiger partial charge in [0, 0.05) is 32.4 Å². The van der Waals surface area contributed by atoms with E-state index in [0.717, 1.165) is 17.7 Å². The molecule has 1 saturated heterocycles. The Morgan fingerprint density at radius 2 is 1.85 bits per heavy atom. The van der Waals surface area contributed by atoms with Gasteiger partial charge in [0.1, 0.15) is 4.32 Å². The lowest BCUT2D eigenvalue weighted by Gasteiger charge is -2.18. The van der Waals surface area contributed by atoms with Crippen LogP contribution < -0.4 is 4.90 Å². The number of hydrogen-bond donors (Lipinski definition) is 0. The first-order chi connectivity index (χ1) is 13.0. The Bertz CT molecular complexity index is 804. The average Bonchev–Trinajstić information content (AvgIpc) is 3.07. The lowest BCUT2D eigenvalue weighted by Crippen LogP contribution is -2.31. The third-order valence-electron chi connectivity index (χ3n) is 4.66. The number of anilines is 1. The zero-order valence-electron chi connectivity index (χ0n) is 15.9. The van der Waals surface area contributed by atoms with Gasteiger partial charge in [-0.1, -0.05) is 56.0 Å². The number of fused-ring (bicyclic) bond motifs is 1. The first-order valence-corrected chi connectivity index (χ1v) is 10.4. The highest BCUT2D eigenvalue weighted by molar-refractivity contribution is 8.26. The molecule has 0 atom stereocenters. The van der Waals surface area contributed by atoms with Crippen LogP contribution in [-0.4, -0.2) is 47.8 Å². The Labute approximate surface area is 169 Å². The number of methoxy groups -OCH3 is 1. The molecule has 2 aliphatic heterocycles. The summed E-state index contributed by atoms with van der Waals surface area (Å²) in [6, 6.07) is 7.68. The van der Waals surface area contributed by atoms with Crippen LogP contribution in [0.5, 0.6) is 0 Å². The Kier molecular flexibility index (Phi) is 6.34. The van der Waals surface area contributed by atoms with E-state index in [9.17, 15) is 9.59 Å². The molecule has 0 radical (unpaired) electrons. The Hall–Kier alpha value is -1.70. The molecule has 7 heteroatoms. The number of carbonyl (C=O) groups is 2. The quantitative estimate of drug-likeness (QED) is 0.394. The number of thiocarbonyl (C=S) groups is 1. The normalized spacial score (nSPS) is 19.6. The van der Waals surface area contributed by atoms with Crippen LogP contribution in [0, 0.1) is 5.92 Å². The minimum atomic E-state index is -0.176. The molecule has 0 bridgehead atoms. The molecule has 0 aliphatic carbocycles. The maximum Gasteiger partial charge on any atom is 0.267 e. The summed E-state index contributed by atoms with van der Waals surface area (Å²) in [5.41, 5.74) is 2.19. The number of carbonyl (C=O) groups excluding carboxylic acids is 2. The van der Waals surface area contributed by atoms with E-state index in [1.807, 2.05) is 24.3 Å². The standard InChI is InChI=1S/C20H24N2O3S2/c1-13(2)9-11-21-15-8-5-4-7-14(15)16(18(21)23)17-19(24)22(20(26)27-17)10-6-12-25-3/h4-5,7-8,13H,6,9-12H2,1-3H3/b17-16+. The number of nitrogens with zero attached hydrogens (tertiary/aromatic N) is 2. The molecule has 0 aromatic heterocycles. The molecule has 144 valence electrons. The third kappa shape index (κ3) is 3.95. The van der Waals surface area contributed by atoms with Gasteiger partial charge in [-0.05, 0) is 24.8 Å². The summed E-state index contributed by atoms with van der Waals surface area (Å²) in [5, 5.41) is 0. The Morgan fingerprint density at radius 3 is 2.56 bits per heavy atom. The first kappa shape index (κ1) is 20.0. The van der Waals surface area contributed by atoms with Gasteiger partial charge in [0.25, 0.3) is 11.8 Å². The van der Waals surface area contributed by atoms with Crippen molar-refractivity contribution in [2.75, 3.05) is 31.7 Å². The molecular formula is C20H24N2O3S2. The van der Waals surface area contributed by atoms with E-state index in [1.165, 1.54) is 11.8 Å². The number of amides is 2. The van der Waals surface area contributed by atoms with Crippen molar-refractivity contribution < 1.29 is 14.3 Å². The summed E-state index contributed by atoms with van der Waals surface area (Å²) in [5.74, 6) is 0.215. The molecule has 0 spiro atoms. The van der Waals surface area contributed by atoms with E-state index in [-0.39, 0.29) is 11.8 Å². The van der Waals surface area contributed by atoms with Gasteiger partial charge in [-0.25, -0.2) is 0 Å². The molecule has 2 heterocycles. The first-order valence-electron chi connectivity index (χ1n) is 9.13. The van der Waals surface area contributed by atoms with Crippen LogP contribution in [0.25, 0.3) is 5.57 Å². The van der Waals surface area contributed by atoms with E-state index >= 15 is 0 Å². The predicted octanol–water partition coefficient (Wildman–Crippen LogP) is 3.69. The van der Waals surface area contributed by atoms with E-state index < -0.39 is 0 Å². The smallest absolute Gasteiger partial charge is 0.267 e. The van der Waals surface area contributed by atoms with E-state index in [1.54, 1.807) is 16.9 Å². The number of benzene rings is 1. The molecule has 3 rings (SSSR count). The zero-order valence-corrected chi connectivity index (χ0v) is 17.5. The number of thioether (sulfide) groups is 1. The molecule has 2 aliphatic rings. The van der Waals surface area contributed by atoms with Gasteiger partial charge in [0.05, 0.1) is 16.2 Å². The topological polar surface area (TPSA) is 49.9 Å². The molecule has 27 heavy (non-hydrogen) atoms. The highest BCUT2D eigenvalue weighted by atomic mass is 32.2. The minimum absolute atomic E-state index is 0.103. The van der Waals surface area contributed by atoms with E-state index in [4.69, 9.17) is 17.0 Å².